The lowest BCUT2D eigenvalue weighted by Gasteiger charge is -2.37. The van der Waals surface area contributed by atoms with Gasteiger partial charge in [0.2, 0.25) is 0 Å². The minimum absolute atomic E-state index is 0.00555. The number of piperidine rings is 2. The Kier molecular flexibility index (Phi) is 15.4. The molecule has 0 spiro atoms. The molecule has 2 aromatic carbocycles. The summed E-state index contributed by atoms with van der Waals surface area (Å²) < 4.78 is 11.2. The third-order valence-electron chi connectivity index (χ3n) is 9.64. The number of aromatic carboxylic acids is 1. The van der Waals surface area contributed by atoms with Crippen LogP contribution in [0.2, 0.25) is 0 Å². The molecule has 15 nitrogen and oxygen atoms in total. The summed E-state index contributed by atoms with van der Waals surface area (Å²) in [7, 11) is 0. The molecule has 2 fully saturated rings. The van der Waals surface area contributed by atoms with Gasteiger partial charge in [0, 0.05) is 25.2 Å². The maximum absolute atomic E-state index is 13.3. The number of carboxylic acid groups (broad SMARTS) is 1. The van der Waals surface area contributed by atoms with Gasteiger partial charge in [0.15, 0.2) is 0 Å². The van der Waals surface area contributed by atoms with Gasteiger partial charge in [0.25, 0.3) is 5.91 Å². The number of carboxylic acids is 1. The monoisotopic (exact) mass is 790 g/mol. The van der Waals surface area contributed by atoms with E-state index in [4.69, 9.17) is 14.6 Å². The highest BCUT2D eigenvalue weighted by molar-refractivity contribution is 5.97. The Morgan fingerprint density at radius 1 is 0.737 bits per heavy atom. The van der Waals surface area contributed by atoms with Gasteiger partial charge in [0.05, 0.1) is 42.2 Å². The first-order valence-corrected chi connectivity index (χ1v) is 19.8. The average molecular weight is 791 g/mol. The van der Waals surface area contributed by atoms with Crippen molar-refractivity contribution in [3.8, 4) is 11.5 Å². The summed E-state index contributed by atoms with van der Waals surface area (Å²) in [4.78, 5) is 29.3. The fraction of sp³-hybridized carbons (Fsp3) is 0.571. The van der Waals surface area contributed by atoms with E-state index in [0.29, 0.717) is 47.1 Å². The van der Waals surface area contributed by atoms with Crippen LogP contribution in [-0.2, 0) is 11.2 Å². The third kappa shape index (κ3) is 12.8. The van der Waals surface area contributed by atoms with Crippen LogP contribution in [0.5, 0.6) is 11.5 Å². The minimum Gasteiger partial charge on any atom is -0.490 e. The first-order chi connectivity index (χ1) is 26.7. The molecule has 0 aliphatic carbocycles. The Hall–Kier alpha value is -4.86. The maximum atomic E-state index is 13.3. The van der Waals surface area contributed by atoms with Crippen molar-refractivity contribution >= 4 is 11.9 Å². The molecular formula is C42H62N8O7. The number of nitrogens with zero attached hydrogens (tertiary/aromatic N) is 7. The molecule has 0 saturated carbocycles. The molecule has 2 saturated heterocycles. The molecule has 57 heavy (non-hydrogen) atoms. The number of carbonyl (C=O) groups is 2. The van der Waals surface area contributed by atoms with Crippen LogP contribution in [0.3, 0.4) is 0 Å². The van der Waals surface area contributed by atoms with E-state index in [0.717, 1.165) is 32.2 Å². The van der Waals surface area contributed by atoms with Crippen LogP contribution in [0.15, 0.2) is 60.9 Å². The Morgan fingerprint density at radius 3 is 1.67 bits per heavy atom. The summed E-state index contributed by atoms with van der Waals surface area (Å²) in [5, 5.41) is 49.5. The fourth-order valence-electron chi connectivity index (χ4n) is 6.36. The highest BCUT2D eigenvalue weighted by Crippen LogP contribution is 2.30. The molecule has 4 atom stereocenters. The summed E-state index contributed by atoms with van der Waals surface area (Å²) in [5.74, 6) is 0.0305. The lowest BCUT2D eigenvalue weighted by molar-refractivity contribution is 0.0528. The van der Waals surface area contributed by atoms with Crippen molar-refractivity contribution in [1.29, 1.82) is 0 Å². The number of para-hydroxylation sites is 2. The van der Waals surface area contributed by atoms with Crippen LogP contribution in [0.25, 0.3) is 0 Å². The van der Waals surface area contributed by atoms with Crippen molar-refractivity contribution in [2.24, 2.45) is 0 Å². The average Bonchev–Trinajstić information content (AvgIpc) is 3.85. The number of amides is 1. The number of benzene rings is 2. The normalized spacial score (nSPS) is 19.9. The Labute approximate surface area is 336 Å². The van der Waals surface area contributed by atoms with Crippen molar-refractivity contribution in [3.05, 3.63) is 83.4 Å². The molecule has 4 aromatic rings. The number of nitrogens with one attached hydrogen (secondary N) is 1. The lowest BCUT2D eigenvalue weighted by Crippen LogP contribution is -2.46. The van der Waals surface area contributed by atoms with Gasteiger partial charge in [0.1, 0.15) is 39.7 Å². The Bertz CT molecular complexity index is 1890. The van der Waals surface area contributed by atoms with Gasteiger partial charge >= 0.3 is 5.97 Å². The molecule has 2 aromatic heterocycles. The molecule has 1 amide bonds. The van der Waals surface area contributed by atoms with Crippen LogP contribution < -0.4 is 14.8 Å². The van der Waals surface area contributed by atoms with E-state index in [9.17, 15) is 19.8 Å². The zero-order valence-corrected chi connectivity index (χ0v) is 35.1. The first-order valence-electron chi connectivity index (χ1n) is 19.8. The largest absolute Gasteiger partial charge is 0.490 e. The zero-order valence-electron chi connectivity index (χ0n) is 35.1. The number of aliphatic hydroxyl groups is 2. The topological polar surface area (TPSA) is 190 Å². The van der Waals surface area contributed by atoms with Crippen LogP contribution in [0.4, 0.5) is 0 Å². The van der Waals surface area contributed by atoms with E-state index in [1.54, 1.807) is 67.9 Å². The lowest BCUT2D eigenvalue weighted by atomic mass is 9.98. The number of rotatable bonds is 10. The molecule has 2 aliphatic rings. The van der Waals surface area contributed by atoms with Crippen molar-refractivity contribution in [2.45, 2.75) is 142 Å². The van der Waals surface area contributed by atoms with E-state index >= 15 is 0 Å². The Balaban J connectivity index is 0.000000209. The summed E-state index contributed by atoms with van der Waals surface area (Å²) in [6.07, 6.45) is 7.21. The van der Waals surface area contributed by atoms with Crippen LogP contribution >= 0.6 is 0 Å². The predicted octanol–water partition coefficient (Wildman–Crippen LogP) is 6.15. The molecule has 2 aliphatic heterocycles. The van der Waals surface area contributed by atoms with Crippen LogP contribution in [-0.4, -0.2) is 99.5 Å². The van der Waals surface area contributed by atoms with Gasteiger partial charge in [-0.15, -0.1) is 0 Å². The standard InChI is InChI=1S/C21H30N4O3.C11H20N4O.C10H12O3/c1-14(2)28-18-9-7-6-8-17(18)20(26)24-13-16(11-10-15(24)3)25-22-12-19(23-25)21(4,5)27;1-8-4-5-9(6-12-8)15-13-7-10(14-15)11(2,3)16;1-7(2)13-9-6-4-3-5-8(9)10(11)12/h6-9,12,14-16,27H,10-11,13H2,1-5H3;7-9,12,16H,4-6H2,1-3H3;3-7H,1-2H3,(H,11,12)/t15-,16-;8-,9-;/m11./s1. The second kappa shape index (κ2) is 19.5. The summed E-state index contributed by atoms with van der Waals surface area (Å²) in [6, 6.07) is 15.0. The third-order valence-corrected chi connectivity index (χ3v) is 9.64. The van der Waals surface area contributed by atoms with Crippen molar-refractivity contribution in [1.82, 2.24) is 40.2 Å². The van der Waals surface area contributed by atoms with Crippen molar-refractivity contribution in [2.75, 3.05) is 13.1 Å². The van der Waals surface area contributed by atoms with Gasteiger partial charge in [-0.3, -0.25) is 4.79 Å². The molecular weight excluding hydrogens is 729 g/mol. The van der Waals surface area contributed by atoms with E-state index in [-0.39, 0.29) is 35.8 Å². The van der Waals surface area contributed by atoms with E-state index in [1.807, 2.05) is 56.9 Å². The number of ether oxygens (including phenoxy) is 2. The number of likely N-dealkylation sites (tertiary alicyclic amines) is 1. The summed E-state index contributed by atoms with van der Waals surface area (Å²) in [5.41, 5.74) is -0.00692. The van der Waals surface area contributed by atoms with Gasteiger partial charge in [-0.05, 0) is 119 Å². The molecule has 0 bridgehead atoms. The number of hydrogen-bond acceptors (Lipinski definition) is 11. The zero-order chi connectivity index (χ0) is 42.1. The van der Waals surface area contributed by atoms with Crippen molar-refractivity contribution in [3.63, 3.8) is 0 Å². The Morgan fingerprint density at radius 2 is 1.21 bits per heavy atom. The smallest absolute Gasteiger partial charge is 0.339 e. The molecule has 4 N–H and O–H groups in total. The van der Waals surface area contributed by atoms with E-state index < -0.39 is 17.2 Å². The maximum Gasteiger partial charge on any atom is 0.339 e. The molecule has 4 heterocycles. The number of hydrogen-bond donors (Lipinski definition) is 4. The van der Waals surface area contributed by atoms with Gasteiger partial charge < -0.3 is 35.0 Å². The quantitative estimate of drug-likeness (QED) is 0.144. The summed E-state index contributed by atoms with van der Waals surface area (Å²) in [6.45, 7) is 20.1. The molecule has 0 radical (unpaired) electrons. The molecule has 0 unspecified atom stereocenters. The molecule has 15 heteroatoms. The SMILES string of the molecule is CC(C)Oc1ccccc1C(=O)N1C[C@H](n2ncc(C(C)(C)O)n2)CC[C@H]1C.CC(C)Oc1ccccc1C(=O)O.C[C@@H]1CC[C@@H](n2ncc(C(C)(C)O)n2)CN1. The highest BCUT2D eigenvalue weighted by Gasteiger charge is 2.33. The predicted molar refractivity (Wildman–Crippen MR) is 216 cm³/mol. The minimum atomic E-state index is -1.04. The first kappa shape index (κ1) is 44.8. The van der Waals surface area contributed by atoms with Gasteiger partial charge in [-0.2, -0.15) is 30.0 Å². The fourth-order valence-corrected chi connectivity index (χ4v) is 6.36. The number of aromatic nitrogens is 6. The second-order valence-corrected chi connectivity index (χ2v) is 16.4. The number of carbonyl (C=O) groups excluding carboxylic acids is 1. The molecule has 6 rings (SSSR count). The van der Waals surface area contributed by atoms with Crippen LogP contribution in [0, 0.1) is 0 Å². The molecule has 312 valence electrons. The summed E-state index contributed by atoms with van der Waals surface area (Å²) >= 11 is 0. The second-order valence-electron chi connectivity index (χ2n) is 16.4. The van der Waals surface area contributed by atoms with Crippen molar-refractivity contribution < 1.29 is 34.4 Å². The van der Waals surface area contributed by atoms with Gasteiger partial charge in [-0.25, -0.2) is 4.79 Å². The van der Waals surface area contributed by atoms with E-state index in [1.165, 1.54) is 6.07 Å². The highest BCUT2D eigenvalue weighted by atomic mass is 16.5. The van der Waals surface area contributed by atoms with Crippen LogP contribution in [0.1, 0.15) is 139 Å². The van der Waals surface area contributed by atoms with E-state index in [2.05, 4.69) is 39.6 Å². The van der Waals surface area contributed by atoms with Gasteiger partial charge in [-0.1, -0.05) is 24.3 Å².